The first kappa shape index (κ1) is 49.7. The smallest absolute Gasteiger partial charge is 0.410 e. The molecule has 2 aromatic rings. The molecule has 0 fully saturated rings. The van der Waals surface area contributed by atoms with Gasteiger partial charge in [-0.25, -0.2) is 4.79 Å². The Morgan fingerprint density at radius 1 is 0.500 bits per heavy atom. The van der Waals surface area contributed by atoms with E-state index in [0.29, 0.717) is 13.1 Å². The number of aryl methyl sites for hydroxylation is 6. The minimum absolute atomic E-state index is 0.210. The van der Waals surface area contributed by atoms with Crippen molar-refractivity contribution in [1.29, 1.82) is 0 Å². The van der Waals surface area contributed by atoms with E-state index in [-0.39, 0.29) is 6.09 Å². The molecule has 1 amide bonds. The molecule has 0 atom stereocenters. The third-order valence-corrected chi connectivity index (χ3v) is 11.6. The maximum atomic E-state index is 13.7. The highest BCUT2D eigenvalue weighted by Crippen LogP contribution is 2.16. The zero-order chi connectivity index (χ0) is 41.0. The molecule has 0 aliphatic rings. The first-order valence-corrected chi connectivity index (χ1v) is 23.9. The average Bonchev–Trinajstić information content (AvgIpc) is 3.13. The van der Waals surface area contributed by atoms with Crippen molar-refractivity contribution in [3.05, 3.63) is 58.2 Å². The van der Waals surface area contributed by atoms with Gasteiger partial charge in [-0.05, 0) is 58.6 Å². The fraction of sp³-hybridized carbons (Fsp3) is 0.784. The van der Waals surface area contributed by atoms with Crippen molar-refractivity contribution >= 4 is 6.09 Å². The largest absolute Gasteiger partial charge is 0.444 e. The predicted molar refractivity (Wildman–Crippen MR) is 240 cm³/mol. The zero-order valence-electron chi connectivity index (χ0n) is 38.7. The molecule has 5 heteroatoms. The van der Waals surface area contributed by atoms with Crippen molar-refractivity contribution < 1.29 is 18.7 Å². The first-order valence-electron chi connectivity index (χ1n) is 23.9. The maximum Gasteiger partial charge on any atom is 0.410 e. The number of rotatable bonds is 32. The topological polar surface area (TPSA) is 37.3 Å². The van der Waals surface area contributed by atoms with Gasteiger partial charge < -0.3 is 4.74 Å². The quantitative estimate of drug-likeness (QED) is 0.0548. The van der Waals surface area contributed by atoms with Gasteiger partial charge in [0.2, 0.25) is 0 Å². The number of aromatic nitrogens is 2. The molecule has 0 saturated carbocycles. The van der Waals surface area contributed by atoms with Gasteiger partial charge in [0.05, 0.1) is 13.1 Å². The monoisotopic (exact) mass is 778 g/mol. The summed E-state index contributed by atoms with van der Waals surface area (Å²) in [6, 6.07) is 9.32. The summed E-state index contributed by atoms with van der Waals surface area (Å²) in [5.74, 6) is 0. The van der Waals surface area contributed by atoms with E-state index in [0.717, 1.165) is 25.9 Å². The first-order chi connectivity index (χ1) is 26.9. The van der Waals surface area contributed by atoms with Gasteiger partial charge in [-0.2, -0.15) is 9.13 Å². The van der Waals surface area contributed by atoms with Gasteiger partial charge in [-0.1, -0.05) is 155 Å². The zero-order valence-corrected chi connectivity index (χ0v) is 38.7. The third kappa shape index (κ3) is 22.5. The molecule has 0 spiro atoms. The molecule has 56 heavy (non-hydrogen) atoms. The van der Waals surface area contributed by atoms with Crippen molar-refractivity contribution in [2.24, 2.45) is 0 Å². The molecule has 2 rings (SSSR count). The van der Waals surface area contributed by atoms with E-state index in [2.05, 4.69) is 74.9 Å². The number of carbonyl (C=O) groups excluding carboxylic acids is 1. The van der Waals surface area contributed by atoms with E-state index in [4.69, 9.17) is 4.74 Å². The van der Waals surface area contributed by atoms with Gasteiger partial charge in [0.1, 0.15) is 5.60 Å². The number of unbranched alkanes of at least 4 members (excludes halogenated alkanes) is 22. The number of pyridine rings is 2. The number of nitrogens with zero attached hydrogens (tertiary/aromatic N) is 3. The lowest BCUT2D eigenvalue weighted by molar-refractivity contribution is -0.713. The normalized spacial score (nSPS) is 11.7. The number of hydrogen-bond acceptors (Lipinski definition) is 2. The summed E-state index contributed by atoms with van der Waals surface area (Å²) in [6.07, 6.45) is 34.8. The Labute approximate surface area is 347 Å². The van der Waals surface area contributed by atoms with Crippen LogP contribution in [0, 0.1) is 27.7 Å². The van der Waals surface area contributed by atoms with Crippen molar-refractivity contribution in [2.75, 3.05) is 13.1 Å². The molecule has 0 aromatic carbocycles. The Bertz CT molecular complexity index is 1240. The van der Waals surface area contributed by atoms with Gasteiger partial charge in [0, 0.05) is 51.0 Å². The highest BCUT2D eigenvalue weighted by molar-refractivity contribution is 5.68. The summed E-state index contributed by atoms with van der Waals surface area (Å²) in [5.41, 5.74) is 7.45. The van der Waals surface area contributed by atoms with Crippen LogP contribution < -0.4 is 9.13 Å². The summed E-state index contributed by atoms with van der Waals surface area (Å²) in [5, 5.41) is 0. The maximum absolute atomic E-state index is 13.7. The molecule has 0 aliphatic carbocycles. The summed E-state index contributed by atoms with van der Waals surface area (Å²) in [6.45, 7) is 22.2. The van der Waals surface area contributed by atoms with Crippen LogP contribution >= 0.6 is 0 Å². The molecular formula is C51H91N3O2+2. The summed E-state index contributed by atoms with van der Waals surface area (Å²) < 4.78 is 10.9. The van der Waals surface area contributed by atoms with E-state index in [1.807, 2.05) is 25.7 Å². The second-order valence-corrected chi connectivity index (χ2v) is 18.4. The lowest BCUT2D eigenvalue weighted by atomic mass is 10.0. The van der Waals surface area contributed by atoms with Crippen LogP contribution in [0.2, 0.25) is 0 Å². The van der Waals surface area contributed by atoms with Crippen LogP contribution in [0.15, 0.2) is 24.3 Å². The number of amides is 1. The molecule has 0 bridgehead atoms. The summed E-state index contributed by atoms with van der Waals surface area (Å²) in [4.78, 5) is 15.7. The summed E-state index contributed by atoms with van der Waals surface area (Å²) >= 11 is 0. The Kier molecular flexibility index (Phi) is 26.4. The van der Waals surface area contributed by atoms with Crippen molar-refractivity contribution in [3.63, 3.8) is 0 Å². The SMILES string of the molecule is CCCCCCCCCCCCCCc1cc(C)cc(C)[n+]1CCN(CC[n+]1c(C)cc(C)cc1CCCCCCCCCCCCCC)C(=O)OC(C)(C)C. The van der Waals surface area contributed by atoms with Crippen LogP contribution in [0.5, 0.6) is 0 Å². The fourth-order valence-electron chi connectivity index (χ4n) is 8.44. The van der Waals surface area contributed by atoms with E-state index in [1.54, 1.807) is 0 Å². The lowest BCUT2D eigenvalue weighted by Crippen LogP contribution is -2.51. The van der Waals surface area contributed by atoms with Crippen molar-refractivity contribution in [3.8, 4) is 0 Å². The Balaban J connectivity index is 1.96. The highest BCUT2D eigenvalue weighted by Gasteiger charge is 2.26. The van der Waals surface area contributed by atoms with Crippen LogP contribution in [-0.2, 0) is 30.7 Å². The molecule has 2 heterocycles. The van der Waals surface area contributed by atoms with Gasteiger partial charge in [0.15, 0.2) is 35.9 Å². The highest BCUT2D eigenvalue weighted by atomic mass is 16.6. The summed E-state index contributed by atoms with van der Waals surface area (Å²) in [7, 11) is 0. The van der Waals surface area contributed by atoms with Crippen LogP contribution in [0.4, 0.5) is 4.79 Å². The second kappa shape index (κ2) is 29.7. The Morgan fingerprint density at radius 2 is 0.804 bits per heavy atom. The third-order valence-electron chi connectivity index (χ3n) is 11.6. The average molecular weight is 778 g/mol. The molecular weight excluding hydrogens is 687 g/mol. The fourth-order valence-corrected chi connectivity index (χ4v) is 8.44. The standard InChI is InChI=1S/C51H91N3O2/c1-10-12-14-16-18-20-22-24-26-28-30-32-34-48-42-44(3)40-46(5)53(48)38-36-52(50(55)56-51(7,8)9)37-39-54-47(6)41-45(4)43-49(54)35-33-31-29-27-25-23-21-19-17-15-13-11-2/h40-43H,10-39H2,1-9H3/q+2. The molecule has 2 aromatic heterocycles. The van der Waals surface area contributed by atoms with Gasteiger partial charge in [0.25, 0.3) is 0 Å². The van der Waals surface area contributed by atoms with Gasteiger partial charge >= 0.3 is 6.09 Å². The lowest BCUT2D eigenvalue weighted by Gasteiger charge is -2.26. The van der Waals surface area contributed by atoms with E-state index in [9.17, 15) is 4.79 Å². The molecule has 5 nitrogen and oxygen atoms in total. The molecule has 0 unspecified atom stereocenters. The minimum atomic E-state index is -0.533. The van der Waals surface area contributed by atoms with E-state index in [1.165, 1.54) is 188 Å². The molecule has 320 valence electrons. The molecule has 0 N–H and O–H groups in total. The Hall–Kier alpha value is -2.43. The molecule has 0 saturated heterocycles. The number of ether oxygens (including phenoxy) is 1. The predicted octanol–water partition coefficient (Wildman–Crippen LogP) is 13.9. The van der Waals surface area contributed by atoms with Crippen LogP contribution in [-0.4, -0.2) is 29.7 Å². The Morgan fingerprint density at radius 3 is 1.11 bits per heavy atom. The van der Waals surface area contributed by atoms with Gasteiger partial charge in [-0.3, -0.25) is 4.90 Å². The van der Waals surface area contributed by atoms with Gasteiger partial charge in [-0.15, -0.1) is 0 Å². The van der Waals surface area contributed by atoms with Crippen molar-refractivity contribution in [2.45, 2.75) is 248 Å². The molecule has 0 radical (unpaired) electrons. The van der Waals surface area contributed by atoms with E-state index >= 15 is 0 Å². The van der Waals surface area contributed by atoms with Crippen molar-refractivity contribution in [1.82, 2.24) is 4.90 Å². The number of carbonyl (C=O) groups is 1. The number of hydrogen-bond donors (Lipinski definition) is 0. The van der Waals surface area contributed by atoms with E-state index < -0.39 is 5.60 Å². The molecule has 0 aliphatic heterocycles. The van der Waals surface area contributed by atoms with Crippen LogP contribution in [0.25, 0.3) is 0 Å². The van der Waals surface area contributed by atoms with Crippen LogP contribution in [0.3, 0.4) is 0 Å². The minimum Gasteiger partial charge on any atom is -0.444 e. The van der Waals surface area contributed by atoms with Crippen LogP contribution in [0.1, 0.15) is 223 Å². The second-order valence-electron chi connectivity index (χ2n) is 18.4.